The molecule has 1 aromatic carbocycles. The lowest BCUT2D eigenvalue weighted by molar-refractivity contribution is 0.171. The largest absolute Gasteiger partial charge is 0.486 e. The summed E-state index contributed by atoms with van der Waals surface area (Å²) in [4.78, 5) is 2.35. The van der Waals surface area contributed by atoms with Crippen LogP contribution in [0, 0.1) is 5.41 Å². The first-order chi connectivity index (χ1) is 9.21. The van der Waals surface area contributed by atoms with Gasteiger partial charge < -0.3 is 20.1 Å². The van der Waals surface area contributed by atoms with Crippen LogP contribution < -0.4 is 15.2 Å². The smallest absolute Gasteiger partial charge is 0.161 e. The van der Waals surface area contributed by atoms with Crippen molar-refractivity contribution in [3.05, 3.63) is 23.8 Å². The number of benzene rings is 1. The molecule has 1 aromatic rings. The van der Waals surface area contributed by atoms with Crippen LogP contribution in [0.3, 0.4) is 0 Å². The van der Waals surface area contributed by atoms with Gasteiger partial charge in [0.15, 0.2) is 11.5 Å². The van der Waals surface area contributed by atoms with Gasteiger partial charge >= 0.3 is 0 Å². The molecular formula is C15H22N2O2. The Hall–Kier alpha value is -1.26. The van der Waals surface area contributed by atoms with E-state index in [1.54, 1.807) is 0 Å². The maximum atomic E-state index is 5.84. The van der Waals surface area contributed by atoms with E-state index in [-0.39, 0.29) is 0 Å². The highest BCUT2D eigenvalue weighted by Gasteiger charge is 2.41. The lowest BCUT2D eigenvalue weighted by Crippen LogP contribution is -2.31. The third-order valence-corrected chi connectivity index (χ3v) is 4.05. The minimum absolute atomic E-state index is 0.391. The van der Waals surface area contributed by atoms with E-state index >= 15 is 0 Å². The topological polar surface area (TPSA) is 47.7 Å². The van der Waals surface area contributed by atoms with Crippen LogP contribution in [0.25, 0.3) is 0 Å². The highest BCUT2D eigenvalue weighted by Crippen LogP contribution is 2.45. The number of nitrogens with two attached hydrogens (primary N) is 1. The quantitative estimate of drug-likeness (QED) is 0.876. The summed E-state index contributed by atoms with van der Waals surface area (Å²) in [7, 11) is 2.16. The van der Waals surface area contributed by atoms with E-state index in [4.69, 9.17) is 15.2 Å². The van der Waals surface area contributed by atoms with Crippen LogP contribution >= 0.6 is 0 Å². The average molecular weight is 262 g/mol. The molecule has 1 saturated carbocycles. The van der Waals surface area contributed by atoms with Gasteiger partial charge in [0.2, 0.25) is 0 Å². The first kappa shape index (κ1) is 12.8. The molecule has 0 saturated heterocycles. The van der Waals surface area contributed by atoms with Crippen molar-refractivity contribution in [1.29, 1.82) is 0 Å². The lowest BCUT2D eigenvalue weighted by Gasteiger charge is -2.24. The van der Waals surface area contributed by atoms with Gasteiger partial charge in [0.05, 0.1) is 0 Å². The van der Waals surface area contributed by atoms with E-state index < -0.39 is 0 Å². The van der Waals surface area contributed by atoms with Gasteiger partial charge in [-0.2, -0.15) is 0 Å². The molecule has 0 bridgehead atoms. The standard InChI is InChI=1S/C15H22N2O2/c1-17(11-15(10-16)4-5-15)9-12-2-3-13-14(8-12)19-7-6-18-13/h2-3,8H,4-7,9-11,16H2,1H3. The summed E-state index contributed by atoms with van der Waals surface area (Å²) >= 11 is 0. The summed E-state index contributed by atoms with van der Waals surface area (Å²) in [6.07, 6.45) is 2.55. The number of hydrogen-bond donors (Lipinski definition) is 1. The van der Waals surface area contributed by atoms with E-state index in [9.17, 15) is 0 Å². The Morgan fingerprint density at radius 1 is 1.21 bits per heavy atom. The molecule has 104 valence electrons. The van der Waals surface area contributed by atoms with Crippen molar-refractivity contribution in [2.24, 2.45) is 11.1 Å². The fraction of sp³-hybridized carbons (Fsp3) is 0.600. The normalized spacial score (nSPS) is 19.5. The number of fused-ring (bicyclic) bond motifs is 1. The van der Waals surface area contributed by atoms with Crippen molar-refractivity contribution in [3.8, 4) is 11.5 Å². The second-order valence-electron chi connectivity index (χ2n) is 5.85. The molecule has 0 aromatic heterocycles. The zero-order valence-corrected chi connectivity index (χ0v) is 11.5. The molecule has 4 nitrogen and oxygen atoms in total. The molecule has 1 aliphatic carbocycles. The first-order valence-corrected chi connectivity index (χ1v) is 6.98. The van der Waals surface area contributed by atoms with Gasteiger partial charge in [-0.15, -0.1) is 0 Å². The molecule has 4 heteroatoms. The summed E-state index contributed by atoms with van der Waals surface area (Å²) in [5.74, 6) is 1.73. The van der Waals surface area contributed by atoms with Crippen LogP contribution in [0.2, 0.25) is 0 Å². The van der Waals surface area contributed by atoms with E-state index in [1.807, 2.05) is 6.07 Å². The second-order valence-corrected chi connectivity index (χ2v) is 5.85. The van der Waals surface area contributed by atoms with Crippen LogP contribution in [0.1, 0.15) is 18.4 Å². The highest BCUT2D eigenvalue weighted by molar-refractivity contribution is 5.43. The molecule has 0 radical (unpaired) electrons. The molecule has 0 amide bonds. The predicted molar refractivity (Wildman–Crippen MR) is 74.5 cm³/mol. The van der Waals surface area contributed by atoms with E-state index in [2.05, 4.69) is 24.1 Å². The van der Waals surface area contributed by atoms with Crippen LogP contribution in [0.4, 0.5) is 0 Å². The fourth-order valence-electron chi connectivity index (χ4n) is 2.73. The lowest BCUT2D eigenvalue weighted by atomic mass is 10.1. The molecule has 0 atom stereocenters. The van der Waals surface area contributed by atoms with Crippen LogP contribution in [-0.4, -0.2) is 38.3 Å². The Bertz CT molecular complexity index is 457. The highest BCUT2D eigenvalue weighted by atomic mass is 16.6. The Morgan fingerprint density at radius 3 is 2.63 bits per heavy atom. The monoisotopic (exact) mass is 262 g/mol. The molecule has 1 aliphatic heterocycles. The van der Waals surface area contributed by atoms with Gasteiger partial charge in [0.1, 0.15) is 13.2 Å². The average Bonchev–Trinajstić information content (AvgIpc) is 3.19. The maximum Gasteiger partial charge on any atom is 0.161 e. The van der Waals surface area contributed by atoms with Crippen LogP contribution in [0.5, 0.6) is 11.5 Å². The number of rotatable bonds is 5. The van der Waals surface area contributed by atoms with Crippen LogP contribution in [-0.2, 0) is 6.54 Å². The van der Waals surface area contributed by atoms with Gasteiger partial charge in [0.25, 0.3) is 0 Å². The van der Waals surface area contributed by atoms with E-state index in [0.717, 1.165) is 31.1 Å². The Morgan fingerprint density at radius 2 is 1.95 bits per heavy atom. The zero-order chi connectivity index (χ0) is 13.3. The number of nitrogens with zero attached hydrogens (tertiary/aromatic N) is 1. The van der Waals surface area contributed by atoms with E-state index in [0.29, 0.717) is 18.6 Å². The van der Waals surface area contributed by atoms with Gasteiger partial charge in [-0.05, 0) is 49.5 Å². The Labute approximate surface area is 114 Å². The SMILES string of the molecule is CN(Cc1ccc2c(c1)OCCO2)CC1(CN)CC1. The van der Waals surface area contributed by atoms with Crippen molar-refractivity contribution in [3.63, 3.8) is 0 Å². The molecule has 1 fully saturated rings. The zero-order valence-electron chi connectivity index (χ0n) is 11.5. The molecule has 19 heavy (non-hydrogen) atoms. The van der Waals surface area contributed by atoms with Crippen molar-refractivity contribution in [2.75, 3.05) is 33.4 Å². The number of ether oxygens (including phenoxy) is 2. The van der Waals surface area contributed by atoms with Crippen molar-refractivity contribution in [1.82, 2.24) is 4.90 Å². The Kier molecular flexibility index (Phi) is 3.37. The minimum atomic E-state index is 0.391. The molecule has 2 aliphatic rings. The molecular weight excluding hydrogens is 240 g/mol. The fourth-order valence-corrected chi connectivity index (χ4v) is 2.73. The summed E-state index contributed by atoms with van der Waals surface area (Å²) in [6, 6.07) is 6.21. The molecule has 3 rings (SSSR count). The third kappa shape index (κ3) is 2.85. The molecule has 0 spiro atoms. The van der Waals surface area contributed by atoms with Gasteiger partial charge in [-0.1, -0.05) is 6.07 Å². The van der Waals surface area contributed by atoms with Crippen molar-refractivity contribution >= 4 is 0 Å². The minimum Gasteiger partial charge on any atom is -0.486 e. The molecule has 2 N–H and O–H groups in total. The van der Waals surface area contributed by atoms with Gasteiger partial charge in [-0.25, -0.2) is 0 Å². The van der Waals surface area contributed by atoms with Crippen molar-refractivity contribution < 1.29 is 9.47 Å². The number of hydrogen-bond acceptors (Lipinski definition) is 4. The predicted octanol–water partition coefficient (Wildman–Crippen LogP) is 1.63. The van der Waals surface area contributed by atoms with Crippen LogP contribution in [0.15, 0.2) is 18.2 Å². The summed E-state index contributed by atoms with van der Waals surface area (Å²) < 4.78 is 11.2. The van der Waals surface area contributed by atoms with Gasteiger partial charge in [0, 0.05) is 13.1 Å². The first-order valence-electron chi connectivity index (χ1n) is 6.98. The molecule has 0 unspecified atom stereocenters. The van der Waals surface area contributed by atoms with Crippen molar-refractivity contribution in [2.45, 2.75) is 19.4 Å². The summed E-state index contributed by atoms with van der Waals surface area (Å²) in [6.45, 7) is 4.10. The Balaban J connectivity index is 1.63. The van der Waals surface area contributed by atoms with E-state index in [1.165, 1.54) is 18.4 Å². The summed E-state index contributed by atoms with van der Waals surface area (Å²) in [5, 5.41) is 0. The van der Waals surface area contributed by atoms with Gasteiger partial charge in [-0.3, -0.25) is 0 Å². The third-order valence-electron chi connectivity index (χ3n) is 4.05. The maximum absolute atomic E-state index is 5.84. The second kappa shape index (κ2) is 5.02. The summed E-state index contributed by atoms with van der Waals surface area (Å²) in [5.41, 5.74) is 7.49. The molecule has 1 heterocycles.